The van der Waals surface area contributed by atoms with Crippen LogP contribution in [0.25, 0.3) is 0 Å². The van der Waals surface area contributed by atoms with Crippen molar-refractivity contribution in [2.45, 2.75) is 6.10 Å². The van der Waals surface area contributed by atoms with Gasteiger partial charge in [0.2, 0.25) is 0 Å². The Morgan fingerprint density at radius 1 is 1.25 bits per heavy atom. The first-order valence-corrected chi connectivity index (χ1v) is 4.53. The molecule has 0 bridgehead atoms. The summed E-state index contributed by atoms with van der Waals surface area (Å²) < 4.78 is 10.0. The average molecular weight is 224 g/mol. The first-order valence-electron chi connectivity index (χ1n) is 4.53. The van der Waals surface area contributed by atoms with E-state index in [1.54, 1.807) is 0 Å². The molecule has 0 aliphatic heterocycles. The molecule has 16 heavy (non-hydrogen) atoms. The maximum absolute atomic E-state index is 10.9. The number of carbonyl (C=O) groups is 2. The fourth-order valence-electron chi connectivity index (χ4n) is 1.42. The van der Waals surface area contributed by atoms with Crippen molar-refractivity contribution in [3.05, 3.63) is 23.3 Å². The number of ether oxygens (including phenoxy) is 2. The van der Waals surface area contributed by atoms with E-state index in [9.17, 15) is 14.7 Å². The second-order valence-corrected chi connectivity index (χ2v) is 3.00. The predicted octanol–water partition coefficient (Wildman–Crippen LogP) is 0.749. The van der Waals surface area contributed by atoms with Gasteiger partial charge in [-0.2, -0.15) is 0 Å². The van der Waals surface area contributed by atoms with Crippen LogP contribution in [0.4, 0.5) is 0 Å². The Hall–Kier alpha value is -1.88. The lowest BCUT2D eigenvalue weighted by atomic mass is 10.0. The van der Waals surface area contributed by atoms with E-state index in [0.29, 0.717) is 18.3 Å². The Balaban J connectivity index is 3.42. The maximum atomic E-state index is 10.9. The quantitative estimate of drug-likeness (QED) is 0.747. The van der Waals surface area contributed by atoms with Crippen LogP contribution in [0.15, 0.2) is 12.1 Å². The first kappa shape index (κ1) is 12.2. The van der Waals surface area contributed by atoms with Crippen molar-refractivity contribution >= 4 is 12.6 Å². The zero-order valence-electron chi connectivity index (χ0n) is 8.97. The smallest absolute Gasteiger partial charge is 0.171 e. The lowest BCUT2D eigenvalue weighted by molar-refractivity contribution is -0.115. The molecule has 0 fully saturated rings. The standard InChI is InChI=1S/C11H12O5/c1-15-10-4-3-7(9(14)6-13)8(5-12)11(10)16-2/h3-6,9,14H,1-2H3. The topological polar surface area (TPSA) is 72.8 Å². The van der Waals surface area contributed by atoms with E-state index in [2.05, 4.69) is 0 Å². The highest BCUT2D eigenvalue weighted by atomic mass is 16.5. The normalized spacial score (nSPS) is 11.7. The van der Waals surface area contributed by atoms with Crippen LogP contribution < -0.4 is 9.47 Å². The molecule has 1 N–H and O–H groups in total. The van der Waals surface area contributed by atoms with Crippen molar-refractivity contribution in [3.8, 4) is 11.5 Å². The molecule has 1 atom stereocenters. The maximum Gasteiger partial charge on any atom is 0.171 e. The molecule has 0 heterocycles. The molecule has 0 saturated heterocycles. The predicted molar refractivity (Wildman–Crippen MR) is 56.0 cm³/mol. The van der Waals surface area contributed by atoms with Crippen LogP contribution in [0, 0.1) is 0 Å². The van der Waals surface area contributed by atoms with Gasteiger partial charge in [-0.3, -0.25) is 4.79 Å². The molecule has 0 aromatic heterocycles. The average Bonchev–Trinajstić information content (AvgIpc) is 2.35. The second kappa shape index (κ2) is 5.27. The molecule has 5 nitrogen and oxygen atoms in total. The summed E-state index contributed by atoms with van der Waals surface area (Å²) in [4.78, 5) is 21.4. The van der Waals surface area contributed by atoms with E-state index in [0.717, 1.165) is 0 Å². The monoisotopic (exact) mass is 224 g/mol. The number of carbonyl (C=O) groups excluding carboxylic acids is 2. The van der Waals surface area contributed by atoms with Gasteiger partial charge in [-0.15, -0.1) is 0 Å². The number of benzene rings is 1. The third-order valence-corrected chi connectivity index (χ3v) is 2.18. The summed E-state index contributed by atoms with van der Waals surface area (Å²) in [7, 11) is 2.81. The molecule has 5 heteroatoms. The second-order valence-electron chi connectivity index (χ2n) is 3.00. The molecule has 86 valence electrons. The van der Waals surface area contributed by atoms with Crippen molar-refractivity contribution in [1.82, 2.24) is 0 Å². The number of hydrogen-bond donors (Lipinski definition) is 1. The van der Waals surface area contributed by atoms with Crippen molar-refractivity contribution < 1.29 is 24.2 Å². The van der Waals surface area contributed by atoms with Crippen LogP contribution in [-0.2, 0) is 4.79 Å². The van der Waals surface area contributed by atoms with E-state index in [-0.39, 0.29) is 16.9 Å². The summed E-state index contributed by atoms with van der Waals surface area (Å²) in [6, 6.07) is 2.97. The highest BCUT2D eigenvalue weighted by Crippen LogP contribution is 2.34. The molecule has 0 amide bonds. The van der Waals surface area contributed by atoms with Gasteiger partial charge in [-0.1, -0.05) is 6.07 Å². The van der Waals surface area contributed by atoms with Gasteiger partial charge >= 0.3 is 0 Å². The number of aliphatic hydroxyl groups excluding tert-OH is 1. The van der Waals surface area contributed by atoms with Crippen LogP contribution in [0.3, 0.4) is 0 Å². The van der Waals surface area contributed by atoms with Gasteiger partial charge in [0.1, 0.15) is 6.10 Å². The number of rotatable bonds is 5. The molecule has 0 radical (unpaired) electrons. The fourth-order valence-corrected chi connectivity index (χ4v) is 1.42. The van der Waals surface area contributed by atoms with Gasteiger partial charge in [-0.05, 0) is 6.07 Å². The van der Waals surface area contributed by atoms with Crippen LogP contribution in [-0.4, -0.2) is 31.9 Å². The van der Waals surface area contributed by atoms with Crippen molar-refractivity contribution in [1.29, 1.82) is 0 Å². The van der Waals surface area contributed by atoms with Gasteiger partial charge < -0.3 is 19.4 Å². The van der Waals surface area contributed by atoms with Crippen LogP contribution in [0.5, 0.6) is 11.5 Å². The Kier molecular flexibility index (Phi) is 4.02. The lowest BCUT2D eigenvalue weighted by Crippen LogP contribution is -2.05. The third kappa shape index (κ3) is 2.04. The van der Waals surface area contributed by atoms with E-state index in [1.165, 1.54) is 26.4 Å². The minimum absolute atomic E-state index is 0.112. The highest BCUT2D eigenvalue weighted by Gasteiger charge is 2.18. The molecular formula is C11H12O5. The molecule has 1 aromatic carbocycles. The van der Waals surface area contributed by atoms with Gasteiger partial charge in [0.25, 0.3) is 0 Å². The minimum Gasteiger partial charge on any atom is -0.493 e. The molecule has 0 saturated carbocycles. The molecule has 1 unspecified atom stereocenters. The van der Waals surface area contributed by atoms with Crippen molar-refractivity contribution in [3.63, 3.8) is 0 Å². The molecule has 0 spiro atoms. The van der Waals surface area contributed by atoms with E-state index < -0.39 is 6.10 Å². The Labute approximate surface area is 92.6 Å². The summed E-state index contributed by atoms with van der Waals surface area (Å²) in [5.74, 6) is 0.572. The van der Waals surface area contributed by atoms with Crippen LogP contribution >= 0.6 is 0 Å². The fraction of sp³-hybridized carbons (Fsp3) is 0.273. The molecule has 1 aromatic rings. The van der Waals surface area contributed by atoms with E-state index in [4.69, 9.17) is 9.47 Å². The first-order chi connectivity index (χ1) is 7.69. The van der Waals surface area contributed by atoms with Crippen molar-refractivity contribution in [2.75, 3.05) is 14.2 Å². The number of methoxy groups -OCH3 is 2. The number of aliphatic hydroxyl groups is 1. The van der Waals surface area contributed by atoms with Crippen LogP contribution in [0.1, 0.15) is 22.0 Å². The van der Waals surface area contributed by atoms with Gasteiger partial charge in [0, 0.05) is 5.56 Å². The summed E-state index contributed by atoms with van der Waals surface area (Å²) in [5.41, 5.74) is 0.309. The summed E-state index contributed by atoms with van der Waals surface area (Å²) in [5, 5.41) is 9.40. The minimum atomic E-state index is -1.35. The molecule has 0 aliphatic rings. The lowest BCUT2D eigenvalue weighted by Gasteiger charge is -2.14. The highest BCUT2D eigenvalue weighted by molar-refractivity contribution is 5.85. The van der Waals surface area contributed by atoms with E-state index >= 15 is 0 Å². The van der Waals surface area contributed by atoms with Gasteiger partial charge in [0.15, 0.2) is 24.1 Å². The van der Waals surface area contributed by atoms with Crippen molar-refractivity contribution in [2.24, 2.45) is 0 Å². The number of aldehydes is 2. The zero-order chi connectivity index (χ0) is 12.1. The van der Waals surface area contributed by atoms with Crippen LogP contribution in [0.2, 0.25) is 0 Å². The Morgan fingerprint density at radius 2 is 1.94 bits per heavy atom. The Bertz CT molecular complexity index is 400. The molecule has 0 aliphatic carbocycles. The van der Waals surface area contributed by atoms with Gasteiger partial charge in [0.05, 0.1) is 19.8 Å². The molecule has 1 rings (SSSR count). The summed E-state index contributed by atoms with van der Waals surface area (Å²) >= 11 is 0. The molecular weight excluding hydrogens is 212 g/mol. The number of hydrogen-bond acceptors (Lipinski definition) is 5. The summed E-state index contributed by atoms with van der Waals surface area (Å²) in [6.45, 7) is 0. The Morgan fingerprint density at radius 3 is 2.38 bits per heavy atom. The van der Waals surface area contributed by atoms with Gasteiger partial charge in [-0.25, -0.2) is 0 Å². The zero-order valence-corrected chi connectivity index (χ0v) is 8.97. The largest absolute Gasteiger partial charge is 0.493 e. The third-order valence-electron chi connectivity index (χ3n) is 2.18. The summed E-state index contributed by atoms with van der Waals surface area (Å²) in [6.07, 6.45) is -0.488. The SMILES string of the molecule is COc1ccc(C(O)C=O)c(C=O)c1OC. The van der Waals surface area contributed by atoms with E-state index in [1.807, 2.05) is 0 Å².